The van der Waals surface area contributed by atoms with Crippen molar-refractivity contribution >= 4 is 11.6 Å². The van der Waals surface area contributed by atoms with Crippen LogP contribution in [-0.2, 0) is 0 Å². The third-order valence-corrected chi connectivity index (χ3v) is 4.07. The minimum Gasteiger partial charge on any atom is -0.490 e. The van der Waals surface area contributed by atoms with Crippen molar-refractivity contribution in [3.8, 4) is 11.5 Å². The van der Waals surface area contributed by atoms with E-state index in [4.69, 9.17) is 21.1 Å². The number of hydrogen-bond donors (Lipinski definition) is 0. The molecule has 2 nitrogen and oxygen atoms in total. The minimum absolute atomic E-state index is 0.282. The van der Waals surface area contributed by atoms with Crippen LogP contribution in [-0.4, -0.2) is 13.2 Å². The molecule has 1 unspecified atom stereocenters. The van der Waals surface area contributed by atoms with Crippen LogP contribution in [0.5, 0.6) is 11.5 Å². The molecule has 2 aromatic carbocycles. The number of benzene rings is 2. The predicted octanol–water partition coefficient (Wildman–Crippen LogP) is 4.62. The van der Waals surface area contributed by atoms with E-state index in [0.29, 0.717) is 19.0 Å². The highest BCUT2D eigenvalue weighted by atomic mass is 35.5. The molecule has 1 heterocycles. The fraction of sp³-hybridized carbons (Fsp3) is 0.294. The molecule has 21 heavy (non-hydrogen) atoms. The number of aryl methyl sites for hydroxylation is 1. The second kappa shape index (κ2) is 5.94. The van der Waals surface area contributed by atoms with Gasteiger partial charge in [-0.2, -0.15) is 0 Å². The van der Waals surface area contributed by atoms with Gasteiger partial charge in [0.15, 0.2) is 11.5 Å². The lowest BCUT2D eigenvalue weighted by atomic mass is 9.99. The molecule has 0 saturated heterocycles. The zero-order valence-electron chi connectivity index (χ0n) is 11.7. The van der Waals surface area contributed by atoms with E-state index in [-0.39, 0.29) is 5.82 Å². The monoisotopic (exact) mass is 306 g/mol. The van der Waals surface area contributed by atoms with Crippen LogP contribution < -0.4 is 9.47 Å². The lowest BCUT2D eigenvalue weighted by Gasteiger charge is -2.15. The molecule has 3 rings (SSSR count). The summed E-state index contributed by atoms with van der Waals surface area (Å²) < 4.78 is 24.7. The van der Waals surface area contributed by atoms with E-state index in [1.165, 1.54) is 12.1 Å². The van der Waals surface area contributed by atoms with Gasteiger partial charge in [0.25, 0.3) is 0 Å². The van der Waals surface area contributed by atoms with Gasteiger partial charge in [-0.3, -0.25) is 0 Å². The Kier molecular flexibility index (Phi) is 4.02. The first-order valence-electron chi connectivity index (χ1n) is 6.95. The highest BCUT2D eigenvalue weighted by Crippen LogP contribution is 2.37. The highest BCUT2D eigenvalue weighted by Gasteiger charge is 2.18. The molecule has 110 valence electrons. The molecule has 1 atom stereocenters. The second-order valence-corrected chi connectivity index (χ2v) is 5.56. The predicted molar refractivity (Wildman–Crippen MR) is 80.9 cm³/mol. The molecule has 1 aliphatic heterocycles. The van der Waals surface area contributed by atoms with Crippen molar-refractivity contribution in [2.24, 2.45) is 0 Å². The van der Waals surface area contributed by atoms with Crippen LogP contribution in [0, 0.1) is 12.7 Å². The topological polar surface area (TPSA) is 18.5 Å². The molecule has 0 aromatic heterocycles. The van der Waals surface area contributed by atoms with Gasteiger partial charge in [-0.05, 0) is 47.9 Å². The summed E-state index contributed by atoms with van der Waals surface area (Å²) in [6.07, 6.45) is 0.858. The normalized spacial score (nSPS) is 15.4. The minimum atomic E-state index is -0.419. The Labute approximate surface area is 128 Å². The van der Waals surface area contributed by atoms with Crippen molar-refractivity contribution in [1.82, 2.24) is 0 Å². The third kappa shape index (κ3) is 2.98. The second-order valence-electron chi connectivity index (χ2n) is 5.12. The summed E-state index contributed by atoms with van der Waals surface area (Å²) in [6, 6.07) is 10.3. The van der Waals surface area contributed by atoms with E-state index in [2.05, 4.69) is 0 Å². The summed E-state index contributed by atoms with van der Waals surface area (Å²) >= 11 is 6.53. The van der Waals surface area contributed by atoms with Gasteiger partial charge >= 0.3 is 0 Å². The first kappa shape index (κ1) is 14.2. The van der Waals surface area contributed by atoms with Gasteiger partial charge in [0.1, 0.15) is 5.82 Å². The van der Waals surface area contributed by atoms with Crippen molar-refractivity contribution < 1.29 is 13.9 Å². The van der Waals surface area contributed by atoms with Crippen LogP contribution in [0.3, 0.4) is 0 Å². The molecule has 1 aliphatic rings. The lowest BCUT2D eigenvalue weighted by Crippen LogP contribution is -1.99. The summed E-state index contributed by atoms with van der Waals surface area (Å²) in [5, 5.41) is -0.419. The van der Waals surface area contributed by atoms with E-state index >= 15 is 0 Å². The molecule has 4 heteroatoms. The summed E-state index contributed by atoms with van der Waals surface area (Å²) in [4.78, 5) is 0. The molecule has 0 saturated carbocycles. The first-order valence-corrected chi connectivity index (χ1v) is 7.38. The lowest BCUT2D eigenvalue weighted by molar-refractivity contribution is 0.297. The fourth-order valence-electron chi connectivity index (χ4n) is 2.40. The Balaban J connectivity index is 1.96. The highest BCUT2D eigenvalue weighted by molar-refractivity contribution is 6.22. The smallest absolute Gasteiger partial charge is 0.161 e. The average molecular weight is 307 g/mol. The Morgan fingerprint density at radius 2 is 1.81 bits per heavy atom. The van der Waals surface area contributed by atoms with Gasteiger partial charge in [0, 0.05) is 6.42 Å². The van der Waals surface area contributed by atoms with Crippen LogP contribution in [0.1, 0.15) is 28.5 Å². The Morgan fingerprint density at radius 1 is 1.05 bits per heavy atom. The molecule has 0 spiro atoms. The molecule has 0 aliphatic carbocycles. The summed E-state index contributed by atoms with van der Waals surface area (Å²) in [5.74, 6) is 1.15. The maximum Gasteiger partial charge on any atom is 0.161 e. The van der Waals surface area contributed by atoms with Crippen molar-refractivity contribution in [2.75, 3.05) is 13.2 Å². The molecule has 0 amide bonds. The number of alkyl halides is 1. The summed E-state index contributed by atoms with van der Waals surface area (Å²) in [5.41, 5.74) is 2.60. The zero-order chi connectivity index (χ0) is 14.8. The number of ether oxygens (including phenoxy) is 2. The van der Waals surface area contributed by atoms with Crippen molar-refractivity contribution in [2.45, 2.75) is 18.7 Å². The largest absolute Gasteiger partial charge is 0.490 e. The molecular formula is C17H16ClFO2. The van der Waals surface area contributed by atoms with Gasteiger partial charge in [0.2, 0.25) is 0 Å². The van der Waals surface area contributed by atoms with Crippen LogP contribution in [0.25, 0.3) is 0 Å². The first-order chi connectivity index (χ1) is 10.1. The van der Waals surface area contributed by atoms with Crippen molar-refractivity contribution in [3.63, 3.8) is 0 Å². The van der Waals surface area contributed by atoms with Crippen LogP contribution >= 0.6 is 11.6 Å². The van der Waals surface area contributed by atoms with Crippen LogP contribution in [0.4, 0.5) is 4.39 Å². The number of fused-ring (bicyclic) bond motifs is 1. The Hall–Kier alpha value is -1.74. The molecular weight excluding hydrogens is 291 g/mol. The zero-order valence-corrected chi connectivity index (χ0v) is 12.5. The quantitative estimate of drug-likeness (QED) is 0.754. The molecule has 0 radical (unpaired) electrons. The van der Waals surface area contributed by atoms with E-state index in [1.807, 2.05) is 25.1 Å². The van der Waals surface area contributed by atoms with E-state index < -0.39 is 5.38 Å². The Morgan fingerprint density at radius 3 is 2.62 bits per heavy atom. The average Bonchev–Trinajstić information content (AvgIpc) is 2.73. The van der Waals surface area contributed by atoms with Gasteiger partial charge in [-0.15, -0.1) is 11.6 Å². The van der Waals surface area contributed by atoms with Crippen molar-refractivity contribution in [3.05, 3.63) is 58.9 Å². The molecule has 0 bridgehead atoms. The van der Waals surface area contributed by atoms with Gasteiger partial charge in [0.05, 0.1) is 18.6 Å². The van der Waals surface area contributed by atoms with Gasteiger partial charge in [-0.1, -0.05) is 12.1 Å². The summed E-state index contributed by atoms with van der Waals surface area (Å²) in [7, 11) is 0. The molecule has 2 aromatic rings. The van der Waals surface area contributed by atoms with Gasteiger partial charge < -0.3 is 9.47 Å². The Bertz CT molecular complexity index is 657. The maximum atomic E-state index is 13.4. The standard InChI is InChI=1S/C17H16ClFO2/c1-11-3-5-13(19)10-14(11)17(18)12-4-6-15-16(9-12)21-8-2-7-20-15/h3-6,9-10,17H,2,7-8H2,1H3. The van der Waals surface area contributed by atoms with Gasteiger partial charge in [-0.25, -0.2) is 4.39 Å². The number of halogens is 2. The summed E-state index contributed by atoms with van der Waals surface area (Å²) in [6.45, 7) is 3.20. The van der Waals surface area contributed by atoms with E-state index in [1.54, 1.807) is 6.07 Å². The van der Waals surface area contributed by atoms with E-state index in [9.17, 15) is 4.39 Å². The number of rotatable bonds is 2. The molecule has 0 fully saturated rings. The van der Waals surface area contributed by atoms with Crippen LogP contribution in [0.15, 0.2) is 36.4 Å². The van der Waals surface area contributed by atoms with Crippen LogP contribution in [0.2, 0.25) is 0 Å². The fourth-order valence-corrected chi connectivity index (χ4v) is 2.77. The third-order valence-electron chi connectivity index (χ3n) is 3.58. The SMILES string of the molecule is Cc1ccc(F)cc1C(Cl)c1ccc2c(c1)OCCCO2. The van der Waals surface area contributed by atoms with Crippen molar-refractivity contribution in [1.29, 1.82) is 0 Å². The van der Waals surface area contributed by atoms with E-state index in [0.717, 1.165) is 28.9 Å². The molecule has 0 N–H and O–H groups in total. The number of hydrogen-bond acceptors (Lipinski definition) is 2. The maximum absolute atomic E-state index is 13.4.